The molecule has 0 saturated carbocycles. The predicted octanol–water partition coefficient (Wildman–Crippen LogP) is 4.44. The zero-order chi connectivity index (χ0) is 26.5. The first-order valence-electron chi connectivity index (χ1n) is 12.9. The maximum atomic E-state index is 7.84. The second-order valence-electron chi connectivity index (χ2n) is 9.31. The molecule has 5 rings (SSSR count). The number of nitrogens with zero attached hydrogens (tertiary/aromatic N) is 7. The molecule has 0 amide bonds. The summed E-state index contributed by atoms with van der Waals surface area (Å²) in [5, 5.41) is 20.4. The largest absolute Gasteiger partial charge is 0.383 e. The van der Waals surface area contributed by atoms with Gasteiger partial charge in [0, 0.05) is 62.7 Å². The highest BCUT2D eigenvalue weighted by Gasteiger charge is 2.27. The van der Waals surface area contributed by atoms with E-state index in [0.717, 1.165) is 65.1 Å². The van der Waals surface area contributed by atoms with E-state index in [2.05, 4.69) is 51.6 Å². The molecular formula is C28H33N9O. The molecule has 0 radical (unpaired) electrons. The quantitative estimate of drug-likeness (QED) is 0.287. The van der Waals surface area contributed by atoms with Crippen molar-refractivity contribution in [1.82, 2.24) is 29.5 Å². The molecule has 0 fully saturated rings. The number of hydrogen-bond acceptors (Lipinski definition) is 8. The van der Waals surface area contributed by atoms with Gasteiger partial charge in [-0.25, -0.2) is 9.97 Å². The summed E-state index contributed by atoms with van der Waals surface area (Å²) in [7, 11) is 3.65. The number of ether oxygens (including phenoxy) is 1. The van der Waals surface area contributed by atoms with Gasteiger partial charge >= 0.3 is 0 Å². The third-order valence-electron chi connectivity index (χ3n) is 6.62. The highest BCUT2D eigenvalue weighted by molar-refractivity contribution is 5.90. The third kappa shape index (κ3) is 5.26. The highest BCUT2D eigenvalue weighted by Crippen LogP contribution is 2.39. The van der Waals surface area contributed by atoms with Gasteiger partial charge in [-0.1, -0.05) is 31.2 Å². The van der Waals surface area contributed by atoms with E-state index in [4.69, 9.17) is 20.2 Å². The Morgan fingerprint density at radius 3 is 2.79 bits per heavy atom. The first-order valence-corrected chi connectivity index (χ1v) is 12.9. The lowest BCUT2D eigenvalue weighted by Gasteiger charge is -2.17. The molecule has 2 N–H and O–H groups in total. The molecule has 0 spiro atoms. The van der Waals surface area contributed by atoms with Crippen LogP contribution >= 0.6 is 0 Å². The Kier molecular flexibility index (Phi) is 7.69. The van der Waals surface area contributed by atoms with Gasteiger partial charge in [0.05, 0.1) is 36.2 Å². The van der Waals surface area contributed by atoms with E-state index in [0.29, 0.717) is 24.9 Å². The van der Waals surface area contributed by atoms with E-state index in [1.54, 1.807) is 7.11 Å². The van der Waals surface area contributed by atoms with Gasteiger partial charge in [0.25, 0.3) is 0 Å². The molecule has 196 valence electrons. The van der Waals surface area contributed by atoms with E-state index in [1.165, 1.54) is 6.21 Å². The SMILES string of the molecule is CCCN=CC(C=N)c1ccc(-c2c3c(nn2C)CCc2cnc(Nc4ccn(CCOC)n4)nc2-3)cc1. The fraction of sp³-hybridized carbons (Fsp3) is 0.357. The van der Waals surface area contributed by atoms with Crippen LogP contribution in [0.15, 0.2) is 47.7 Å². The van der Waals surface area contributed by atoms with E-state index < -0.39 is 0 Å². The molecule has 0 aliphatic heterocycles. The summed E-state index contributed by atoms with van der Waals surface area (Å²) < 4.78 is 8.90. The number of methoxy groups -OCH3 is 1. The number of aryl methyl sites for hydroxylation is 3. The maximum Gasteiger partial charge on any atom is 0.228 e. The van der Waals surface area contributed by atoms with Gasteiger partial charge in [0.2, 0.25) is 5.95 Å². The Balaban J connectivity index is 1.45. The number of rotatable bonds is 11. The van der Waals surface area contributed by atoms with Gasteiger partial charge in [-0.05, 0) is 30.4 Å². The summed E-state index contributed by atoms with van der Waals surface area (Å²) in [6.07, 6.45) is 9.78. The Bertz CT molecular complexity index is 1440. The van der Waals surface area contributed by atoms with Crippen LogP contribution < -0.4 is 5.32 Å². The minimum atomic E-state index is -0.129. The molecule has 1 aliphatic rings. The van der Waals surface area contributed by atoms with Crippen LogP contribution in [0.5, 0.6) is 0 Å². The van der Waals surface area contributed by atoms with Crippen molar-refractivity contribution in [2.75, 3.05) is 25.6 Å². The molecule has 10 heteroatoms. The first kappa shape index (κ1) is 25.5. The molecule has 4 aromatic rings. The van der Waals surface area contributed by atoms with E-state index >= 15 is 0 Å². The van der Waals surface area contributed by atoms with Crippen molar-refractivity contribution in [3.8, 4) is 22.5 Å². The normalized spacial score (nSPS) is 13.3. The summed E-state index contributed by atoms with van der Waals surface area (Å²) in [6.45, 7) is 4.15. The lowest BCUT2D eigenvalue weighted by molar-refractivity contribution is 0.183. The average Bonchev–Trinajstić information content (AvgIpc) is 3.53. The fourth-order valence-electron chi connectivity index (χ4n) is 4.71. The number of benzene rings is 1. The summed E-state index contributed by atoms with van der Waals surface area (Å²) >= 11 is 0. The van der Waals surface area contributed by atoms with Gasteiger partial charge in [-0.15, -0.1) is 0 Å². The van der Waals surface area contributed by atoms with Gasteiger partial charge in [0.1, 0.15) is 0 Å². The number of hydrogen-bond donors (Lipinski definition) is 2. The molecule has 10 nitrogen and oxygen atoms in total. The molecule has 1 aliphatic carbocycles. The standard InChI is InChI=1S/C28H33N9O/c1-4-12-30-17-22(16-29)19-5-7-20(8-6-19)27-25-23(34-36(27)2)10-9-21-18-31-28(33-26(21)25)32-24-11-13-37(35-24)14-15-38-3/h5-8,11,13,16-18,22,29H,4,9-10,12,14-15H2,1-3H3,(H,31,32,33,35). The Labute approximate surface area is 222 Å². The molecule has 38 heavy (non-hydrogen) atoms. The molecule has 1 aromatic carbocycles. The van der Waals surface area contributed by atoms with E-state index in [9.17, 15) is 0 Å². The van der Waals surface area contributed by atoms with Gasteiger partial charge in [0.15, 0.2) is 5.82 Å². The minimum Gasteiger partial charge on any atom is -0.383 e. The molecule has 0 bridgehead atoms. The predicted molar refractivity (Wildman–Crippen MR) is 150 cm³/mol. The summed E-state index contributed by atoms with van der Waals surface area (Å²) in [5.41, 5.74) is 7.21. The Hall–Kier alpha value is -4.18. The average molecular weight is 512 g/mol. The molecular weight excluding hydrogens is 478 g/mol. The van der Waals surface area contributed by atoms with Crippen LogP contribution in [0.1, 0.15) is 36.1 Å². The zero-order valence-electron chi connectivity index (χ0n) is 22.1. The van der Waals surface area contributed by atoms with Crippen LogP contribution in [0.25, 0.3) is 22.5 Å². The lowest BCUT2D eigenvalue weighted by Crippen LogP contribution is -2.09. The number of fused-ring (bicyclic) bond motifs is 3. The van der Waals surface area contributed by atoms with Crippen molar-refractivity contribution < 1.29 is 4.74 Å². The monoisotopic (exact) mass is 511 g/mol. The summed E-state index contributed by atoms with van der Waals surface area (Å²) in [4.78, 5) is 13.9. The van der Waals surface area contributed by atoms with Gasteiger partial charge in [-0.3, -0.25) is 14.4 Å². The van der Waals surface area contributed by atoms with Crippen molar-refractivity contribution in [2.24, 2.45) is 12.0 Å². The van der Waals surface area contributed by atoms with Crippen LogP contribution in [0.4, 0.5) is 11.8 Å². The van der Waals surface area contributed by atoms with Crippen molar-refractivity contribution in [2.45, 2.75) is 38.6 Å². The zero-order valence-corrected chi connectivity index (χ0v) is 22.1. The second kappa shape index (κ2) is 11.5. The molecule has 0 saturated heterocycles. The van der Waals surface area contributed by atoms with Crippen molar-refractivity contribution >= 4 is 24.2 Å². The summed E-state index contributed by atoms with van der Waals surface area (Å²) in [5.74, 6) is 1.05. The maximum absolute atomic E-state index is 7.84. The van der Waals surface area contributed by atoms with E-state index in [-0.39, 0.29) is 5.92 Å². The van der Waals surface area contributed by atoms with Crippen molar-refractivity contribution in [3.05, 3.63) is 59.5 Å². The molecule has 3 heterocycles. The number of anilines is 2. The summed E-state index contributed by atoms with van der Waals surface area (Å²) in [6, 6.07) is 10.2. The molecule has 1 atom stereocenters. The first-order chi connectivity index (χ1) is 18.6. The van der Waals surface area contributed by atoms with Crippen LogP contribution in [-0.4, -0.2) is 62.2 Å². The highest BCUT2D eigenvalue weighted by atomic mass is 16.5. The second-order valence-corrected chi connectivity index (χ2v) is 9.31. The minimum absolute atomic E-state index is 0.129. The van der Waals surface area contributed by atoms with Crippen molar-refractivity contribution in [1.29, 1.82) is 5.41 Å². The molecule has 1 unspecified atom stereocenters. The Morgan fingerprint density at radius 2 is 2.03 bits per heavy atom. The third-order valence-corrected chi connectivity index (χ3v) is 6.62. The van der Waals surface area contributed by atoms with Gasteiger partial charge in [-0.2, -0.15) is 10.2 Å². The number of aromatic nitrogens is 6. The Morgan fingerprint density at radius 1 is 1.18 bits per heavy atom. The van der Waals surface area contributed by atoms with E-state index in [1.807, 2.05) is 41.1 Å². The lowest BCUT2D eigenvalue weighted by atomic mass is 9.91. The van der Waals surface area contributed by atoms with Crippen LogP contribution in [0, 0.1) is 5.41 Å². The number of aliphatic imine (C=N–C) groups is 1. The fourth-order valence-corrected chi connectivity index (χ4v) is 4.71. The van der Waals surface area contributed by atoms with Crippen LogP contribution in [0.3, 0.4) is 0 Å². The van der Waals surface area contributed by atoms with Crippen LogP contribution in [0.2, 0.25) is 0 Å². The van der Waals surface area contributed by atoms with Crippen molar-refractivity contribution in [3.63, 3.8) is 0 Å². The van der Waals surface area contributed by atoms with Gasteiger partial charge < -0.3 is 15.5 Å². The van der Waals surface area contributed by atoms with Crippen LogP contribution in [-0.2, 0) is 31.2 Å². The molecule has 3 aromatic heterocycles. The smallest absolute Gasteiger partial charge is 0.228 e. The topological polar surface area (TPSA) is 119 Å². The number of nitrogens with one attached hydrogen (secondary N) is 2.